The van der Waals surface area contributed by atoms with Gasteiger partial charge in [-0.3, -0.25) is 4.72 Å². The predicted octanol–water partition coefficient (Wildman–Crippen LogP) is 7.41. The maximum absolute atomic E-state index is 13.2. The first-order valence-electron chi connectivity index (χ1n) is 11.5. The maximum atomic E-state index is 13.2. The second kappa shape index (κ2) is 9.41. The van der Waals surface area contributed by atoms with Crippen LogP contribution in [0.5, 0.6) is 5.75 Å². The van der Waals surface area contributed by atoms with Crippen molar-refractivity contribution in [1.82, 2.24) is 0 Å². The van der Waals surface area contributed by atoms with Crippen molar-refractivity contribution in [3.63, 3.8) is 0 Å². The van der Waals surface area contributed by atoms with Gasteiger partial charge < -0.3 is 10.1 Å². The Morgan fingerprint density at radius 1 is 1.03 bits per heavy atom. The largest absolute Gasteiger partial charge is 0.491 e. The summed E-state index contributed by atoms with van der Waals surface area (Å²) in [4.78, 5) is 0.182. The lowest BCUT2D eigenvalue weighted by Gasteiger charge is -2.37. The molecule has 2 aliphatic rings. The van der Waals surface area contributed by atoms with Crippen LogP contribution in [0.15, 0.2) is 77.7 Å². The van der Waals surface area contributed by atoms with Crippen molar-refractivity contribution in [3.8, 4) is 5.75 Å². The first kappa shape index (κ1) is 24.0. The van der Waals surface area contributed by atoms with Crippen LogP contribution in [0.25, 0.3) is 0 Å². The third kappa shape index (κ3) is 4.88. The van der Waals surface area contributed by atoms with Crippen molar-refractivity contribution >= 4 is 44.6 Å². The topological polar surface area (TPSA) is 67.4 Å². The van der Waals surface area contributed by atoms with Gasteiger partial charge in [-0.25, -0.2) is 8.42 Å². The number of fused-ring (bicyclic) bond motifs is 3. The lowest BCUT2D eigenvalue weighted by atomic mass is 9.77. The molecule has 0 aromatic heterocycles. The lowest BCUT2D eigenvalue weighted by Crippen LogP contribution is -2.29. The fourth-order valence-electron chi connectivity index (χ4n) is 4.87. The highest BCUT2D eigenvalue weighted by Crippen LogP contribution is 2.50. The van der Waals surface area contributed by atoms with Crippen molar-refractivity contribution in [1.29, 1.82) is 0 Å². The standard InChI is InChI=1S/C27H26Cl2N2O3S/c1-16(2)34-19-9-6-17(7-10-19)27-22-5-3-4-21(22)23-15-20(11-13-25(23)30-27)35(32,33)31-26-14-18(28)8-12-24(26)29/h3-4,6-16,21-22,27,30-31H,5H2,1-2H3/t21-,22+,27+/m0/s1. The molecule has 182 valence electrons. The Kier molecular flexibility index (Phi) is 6.47. The van der Waals surface area contributed by atoms with Crippen molar-refractivity contribution in [2.75, 3.05) is 10.0 Å². The van der Waals surface area contributed by atoms with Crippen molar-refractivity contribution in [2.45, 2.75) is 43.2 Å². The molecule has 1 aliphatic heterocycles. The van der Waals surface area contributed by atoms with Crippen LogP contribution in [-0.4, -0.2) is 14.5 Å². The number of allylic oxidation sites excluding steroid dienone is 2. The number of ether oxygens (including phenoxy) is 1. The third-order valence-electron chi connectivity index (χ3n) is 6.43. The number of benzene rings is 3. The molecule has 3 aromatic carbocycles. The molecule has 1 heterocycles. The van der Waals surface area contributed by atoms with Crippen LogP contribution in [-0.2, 0) is 10.0 Å². The monoisotopic (exact) mass is 528 g/mol. The van der Waals surface area contributed by atoms with Crippen LogP contribution < -0.4 is 14.8 Å². The number of rotatable bonds is 6. The van der Waals surface area contributed by atoms with E-state index in [4.69, 9.17) is 27.9 Å². The minimum Gasteiger partial charge on any atom is -0.491 e. The van der Waals surface area contributed by atoms with Crippen LogP contribution in [0, 0.1) is 5.92 Å². The van der Waals surface area contributed by atoms with E-state index < -0.39 is 10.0 Å². The van der Waals surface area contributed by atoms with Gasteiger partial charge in [0.15, 0.2) is 0 Å². The zero-order valence-electron chi connectivity index (χ0n) is 19.3. The molecular formula is C27H26Cl2N2O3S. The molecule has 0 fully saturated rings. The highest BCUT2D eigenvalue weighted by Gasteiger charge is 2.38. The van der Waals surface area contributed by atoms with E-state index >= 15 is 0 Å². The van der Waals surface area contributed by atoms with Gasteiger partial charge in [-0.1, -0.05) is 47.5 Å². The van der Waals surface area contributed by atoms with E-state index in [1.54, 1.807) is 24.3 Å². The van der Waals surface area contributed by atoms with Crippen molar-refractivity contribution in [2.24, 2.45) is 5.92 Å². The lowest BCUT2D eigenvalue weighted by molar-refractivity contribution is 0.242. The second-order valence-electron chi connectivity index (χ2n) is 9.19. The highest BCUT2D eigenvalue weighted by molar-refractivity contribution is 7.92. The number of nitrogens with one attached hydrogen (secondary N) is 2. The Hall–Kier alpha value is -2.67. The Morgan fingerprint density at radius 2 is 1.80 bits per heavy atom. The van der Waals surface area contributed by atoms with Gasteiger partial charge in [-0.05, 0) is 85.8 Å². The van der Waals surface area contributed by atoms with Crippen LogP contribution in [0.4, 0.5) is 11.4 Å². The van der Waals surface area contributed by atoms with Crippen LogP contribution in [0.1, 0.15) is 43.4 Å². The first-order valence-corrected chi connectivity index (χ1v) is 13.8. The molecule has 1 aliphatic carbocycles. The molecule has 0 bridgehead atoms. The van der Waals surface area contributed by atoms with E-state index in [9.17, 15) is 8.42 Å². The molecule has 0 spiro atoms. The number of halogens is 2. The van der Waals surface area contributed by atoms with E-state index in [0.29, 0.717) is 5.02 Å². The first-order chi connectivity index (χ1) is 16.7. The van der Waals surface area contributed by atoms with E-state index in [2.05, 4.69) is 34.3 Å². The molecule has 5 rings (SSSR count). The average molecular weight is 529 g/mol. The van der Waals surface area contributed by atoms with Gasteiger partial charge >= 0.3 is 0 Å². The molecule has 0 amide bonds. The quantitative estimate of drug-likeness (QED) is 0.327. The summed E-state index contributed by atoms with van der Waals surface area (Å²) in [6.45, 7) is 4.02. The summed E-state index contributed by atoms with van der Waals surface area (Å²) >= 11 is 12.2. The van der Waals surface area contributed by atoms with Crippen LogP contribution >= 0.6 is 23.2 Å². The summed E-state index contributed by atoms with van der Waals surface area (Å²) in [6, 6.07) is 18.2. The molecule has 2 N–H and O–H groups in total. The number of hydrogen-bond donors (Lipinski definition) is 2. The smallest absolute Gasteiger partial charge is 0.261 e. The second-order valence-corrected chi connectivity index (χ2v) is 11.7. The fourth-order valence-corrected chi connectivity index (χ4v) is 6.37. The third-order valence-corrected chi connectivity index (χ3v) is 8.36. The zero-order valence-corrected chi connectivity index (χ0v) is 21.7. The van der Waals surface area contributed by atoms with Gasteiger partial charge in [-0.2, -0.15) is 0 Å². The summed E-state index contributed by atoms with van der Waals surface area (Å²) in [5.74, 6) is 1.25. The molecule has 8 heteroatoms. The van der Waals surface area contributed by atoms with E-state index in [1.165, 1.54) is 11.6 Å². The van der Waals surface area contributed by atoms with Crippen LogP contribution in [0.3, 0.4) is 0 Å². The molecule has 0 saturated carbocycles. The van der Waals surface area contributed by atoms with Crippen molar-refractivity contribution < 1.29 is 13.2 Å². The summed E-state index contributed by atoms with van der Waals surface area (Å²) in [7, 11) is -3.85. The normalized spacial score (nSPS) is 20.8. The number of anilines is 2. The minimum atomic E-state index is -3.85. The van der Waals surface area contributed by atoms with Gasteiger partial charge in [0.1, 0.15) is 5.75 Å². The van der Waals surface area contributed by atoms with Gasteiger partial charge in [0.2, 0.25) is 0 Å². The molecule has 3 aromatic rings. The number of hydrogen-bond acceptors (Lipinski definition) is 4. The van der Waals surface area contributed by atoms with E-state index in [0.717, 1.165) is 23.4 Å². The maximum Gasteiger partial charge on any atom is 0.261 e. The summed E-state index contributed by atoms with van der Waals surface area (Å²) in [6.07, 6.45) is 5.41. The van der Waals surface area contributed by atoms with Gasteiger partial charge in [0, 0.05) is 16.6 Å². The molecule has 0 saturated heterocycles. The fraction of sp³-hybridized carbons (Fsp3) is 0.259. The molecule has 0 radical (unpaired) electrons. The zero-order chi connectivity index (χ0) is 24.7. The van der Waals surface area contributed by atoms with Gasteiger partial charge in [0.05, 0.1) is 27.8 Å². The molecule has 3 atom stereocenters. The molecule has 5 nitrogen and oxygen atoms in total. The van der Waals surface area contributed by atoms with E-state index in [1.807, 2.05) is 32.0 Å². The van der Waals surface area contributed by atoms with Gasteiger partial charge in [0.25, 0.3) is 10.0 Å². The summed E-state index contributed by atoms with van der Waals surface area (Å²) < 4.78 is 34.7. The Labute approximate surface area is 216 Å². The van der Waals surface area contributed by atoms with E-state index in [-0.39, 0.29) is 39.6 Å². The SMILES string of the molecule is CC(C)Oc1ccc([C@H]2Nc3ccc(S(=O)(=O)Nc4cc(Cl)ccc4Cl)cc3[C@H]3C=CC[C@H]32)cc1. The number of sulfonamides is 1. The summed E-state index contributed by atoms with van der Waals surface area (Å²) in [5.41, 5.74) is 3.34. The highest BCUT2D eigenvalue weighted by atomic mass is 35.5. The molecule has 35 heavy (non-hydrogen) atoms. The van der Waals surface area contributed by atoms with Gasteiger partial charge in [-0.15, -0.1) is 0 Å². The van der Waals surface area contributed by atoms with Crippen LogP contribution in [0.2, 0.25) is 10.0 Å². The molecular weight excluding hydrogens is 503 g/mol. The Morgan fingerprint density at radius 3 is 2.54 bits per heavy atom. The Balaban J connectivity index is 1.44. The Bertz CT molecular complexity index is 1390. The van der Waals surface area contributed by atoms with Crippen molar-refractivity contribution in [3.05, 3.63) is 94.0 Å². The summed E-state index contributed by atoms with van der Waals surface area (Å²) in [5, 5.41) is 4.34. The average Bonchev–Trinajstić information content (AvgIpc) is 3.31. The molecule has 0 unspecified atom stereocenters. The predicted molar refractivity (Wildman–Crippen MR) is 142 cm³/mol. The minimum absolute atomic E-state index is 0.112.